The lowest BCUT2D eigenvalue weighted by Crippen LogP contribution is -2.49. The fraction of sp³-hybridized carbons (Fsp3) is 0.846. The summed E-state index contributed by atoms with van der Waals surface area (Å²) in [6, 6.07) is 0. The lowest BCUT2D eigenvalue weighted by atomic mass is 9.94. The number of amidine groups is 1. The molecule has 1 fully saturated rings. The van der Waals surface area contributed by atoms with Crippen LogP contribution in [0.4, 0.5) is 0 Å². The third-order valence-electron chi connectivity index (χ3n) is 3.56. The van der Waals surface area contributed by atoms with E-state index in [1.54, 1.807) is 0 Å². The number of nitrogens with two attached hydrogens (primary N) is 1. The molecule has 7 heteroatoms. The molecule has 116 valence electrons. The molecule has 0 saturated carbocycles. The number of morpholine rings is 1. The van der Waals surface area contributed by atoms with Gasteiger partial charge in [-0.2, -0.15) is 0 Å². The zero-order valence-corrected chi connectivity index (χ0v) is 12.5. The highest BCUT2D eigenvalue weighted by Crippen LogP contribution is 2.11. The SMILES string of the molecule is CCN1CCOC(CNC(=O)C(C(N)=NO)C(C)C)C1. The molecule has 0 spiro atoms. The second-order valence-corrected chi connectivity index (χ2v) is 5.38. The van der Waals surface area contributed by atoms with E-state index in [0.29, 0.717) is 13.2 Å². The number of hydrogen-bond acceptors (Lipinski definition) is 5. The minimum Gasteiger partial charge on any atom is -0.409 e. The first-order chi connectivity index (χ1) is 9.49. The Morgan fingerprint density at radius 2 is 2.30 bits per heavy atom. The van der Waals surface area contributed by atoms with E-state index in [2.05, 4.69) is 22.3 Å². The quantitative estimate of drug-likeness (QED) is 0.273. The molecular formula is C13H26N4O3. The van der Waals surface area contributed by atoms with Crippen molar-refractivity contribution in [2.24, 2.45) is 22.7 Å². The maximum atomic E-state index is 12.1. The Morgan fingerprint density at radius 1 is 1.60 bits per heavy atom. The zero-order valence-electron chi connectivity index (χ0n) is 12.5. The molecule has 0 aromatic rings. The van der Waals surface area contributed by atoms with Crippen LogP contribution in [-0.4, -0.2) is 60.7 Å². The molecule has 0 radical (unpaired) electrons. The van der Waals surface area contributed by atoms with Crippen LogP contribution in [0.5, 0.6) is 0 Å². The number of likely N-dealkylation sites (N-methyl/N-ethyl adjacent to an activating group) is 1. The second-order valence-electron chi connectivity index (χ2n) is 5.38. The van der Waals surface area contributed by atoms with Gasteiger partial charge in [-0.15, -0.1) is 0 Å². The van der Waals surface area contributed by atoms with E-state index in [1.807, 2.05) is 13.8 Å². The zero-order chi connectivity index (χ0) is 15.1. The summed E-state index contributed by atoms with van der Waals surface area (Å²) >= 11 is 0. The summed E-state index contributed by atoms with van der Waals surface area (Å²) in [6.07, 6.45) is -0.00671. The number of nitrogens with zero attached hydrogens (tertiary/aromatic N) is 2. The Bertz CT molecular complexity index is 347. The van der Waals surface area contributed by atoms with Gasteiger partial charge in [0.05, 0.1) is 12.7 Å². The van der Waals surface area contributed by atoms with Crippen molar-refractivity contribution in [3.63, 3.8) is 0 Å². The van der Waals surface area contributed by atoms with Crippen LogP contribution in [-0.2, 0) is 9.53 Å². The standard InChI is InChI=1S/C13H26N4O3/c1-4-17-5-6-20-10(8-17)7-15-13(18)11(9(2)3)12(14)16-19/h9-11,19H,4-8H2,1-3H3,(H2,14,16)(H,15,18). The molecule has 2 atom stereocenters. The van der Waals surface area contributed by atoms with Crippen LogP contribution in [0.1, 0.15) is 20.8 Å². The Hall–Kier alpha value is -1.34. The molecular weight excluding hydrogens is 260 g/mol. The molecule has 7 nitrogen and oxygen atoms in total. The minimum atomic E-state index is -0.620. The minimum absolute atomic E-state index is 0.00671. The maximum Gasteiger partial charge on any atom is 0.231 e. The number of amides is 1. The van der Waals surface area contributed by atoms with Crippen LogP contribution in [0.25, 0.3) is 0 Å². The van der Waals surface area contributed by atoms with E-state index in [-0.39, 0.29) is 23.8 Å². The van der Waals surface area contributed by atoms with Crippen molar-refractivity contribution in [3.05, 3.63) is 0 Å². The number of rotatable bonds is 6. The highest BCUT2D eigenvalue weighted by atomic mass is 16.5. The highest BCUT2D eigenvalue weighted by molar-refractivity contribution is 6.02. The van der Waals surface area contributed by atoms with Gasteiger partial charge < -0.3 is 21.0 Å². The summed E-state index contributed by atoms with van der Waals surface area (Å²) in [6.45, 7) is 9.67. The molecule has 0 bridgehead atoms. The topological polar surface area (TPSA) is 100 Å². The first-order valence-corrected chi connectivity index (χ1v) is 7.08. The van der Waals surface area contributed by atoms with Crippen molar-refractivity contribution in [1.29, 1.82) is 0 Å². The molecule has 1 heterocycles. The van der Waals surface area contributed by atoms with E-state index < -0.39 is 5.92 Å². The predicted molar refractivity (Wildman–Crippen MR) is 76.6 cm³/mol. The summed E-state index contributed by atoms with van der Waals surface area (Å²) < 4.78 is 5.62. The van der Waals surface area contributed by atoms with Crippen molar-refractivity contribution in [2.45, 2.75) is 26.9 Å². The monoisotopic (exact) mass is 286 g/mol. The van der Waals surface area contributed by atoms with Gasteiger partial charge in [-0.1, -0.05) is 25.9 Å². The summed E-state index contributed by atoms with van der Waals surface area (Å²) in [5.74, 6) is -0.944. The first-order valence-electron chi connectivity index (χ1n) is 7.08. The lowest BCUT2D eigenvalue weighted by molar-refractivity contribution is -0.125. The van der Waals surface area contributed by atoms with E-state index in [1.165, 1.54) is 0 Å². The third kappa shape index (κ3) is 4.64. The van der Waals surface area contributed by atoms with Gasteiger partial charge in [-0.25, -0.2) is 0 Å². The first kappa shape index (κ1) is 16.7. The van der Waals surface area contributed by atoms with Gasteiger partial charge >= 0.3 is 0 Å². The molecule has 2 unspecified atom stereocenters. The molecule has 1 rings (SSSR count). The van der Waals surface area contributed by atoms with Gasteiger partial charge in [0, 0.05) is 19.6 Å². The van der Waals surface area contributed by atoms with Crippen molar-refractivity contribution >= 4 is 11.7 Å². The van der Waals surface area contributed by atoms with Crippen LogP contribution in [0.2, 0.25) is 0 Å². The van der Waals surface area contributed by atoms with Crippen LogP contribution in [0, 0.1) is 11.8 Å². The molecule has 1 amide bonds. The van der Waals surface area contributed by atoms with E-state index in [4.69, 9.17) is 15.7 Å². The smallest absolute Gasteiger partial charge is 0.231 e. The summed E-state index contributed by atoms with van der Waals surface area (Å²) in [5, 5.41) is 14.5. The fourth-order valence-corrected chi connectivity index (χ4v) is 2.36. The lowest BCUT2D eigenvalue weighted by Gasteiger charge is -2.32. The Labute approximate surface area is 120 Å². The molecule has 4 N–H and O–H groups in total. The average molecular weight is 286 g/mol. The van der Waals surface area contributed by atoms with Gasteiger partial charge in [0.15, 0.2) is 5.84 Å². The Morgan fingerprint density at radius 3 is 2.85 bits per heavy atom. The van der Waals surface area contributed by atoms with Gasteiger partial charge in [-0.05, 0) is 12.5 Å². The van der Waals surface area contributed by atoms with Gasteiger partial charge in [-0.3, -0.25) is 9.69 Å². The Kier molecular flexibility index (Phi) is 6.74. The van der Waals surface area contributed by atoms with Crippen LogP contribution in [0.3, 0.4) is 0 Å². The molecule has 0 aliphatic carbocycles. The third-order valence-corrected chi connectivity index (χ3v) is 3.56. The van der Waals surface area contributed by atoms with Crippen molar-refractivity contribution in [1.82, 2.24) is 10.2 Å². The largest absolute Gasteiger partial charge is 0.409 e. The number of carbonyl (C=O) groups excluding carboxylic acids is 1. The number of nitrogens with one attached hydrogen (secondary N) is 1. The summed E-state index contributed by atoms with van der Waals surface area (Å²) in [5.41, 5.74) is 5.57. The average Bonchev–Trinajstić information content (AvgIpc) is 2.44. The van der Waals surface area contributed by atoms with Crippen molar-refractivity contribution in [3.8, 4) is 0 Å². The van der Waals surface area contributed by atoms with Crippen molar-refractivity contribution in [2.75, 3.05) is 32.8 Å². The highest BCUT2D eigenvalue weighted by Gasteiger charge is 2.28. The molecule has 1 saturated heterocycles. The number of hydrogen-bond donors (Lipinski definition) is 3. The fourth-order valence-electron chi connectivity index (χ4n) is 2.36. The molecule has 1 aliphatic heterocycles. The van der Waals surface area contributed by atoms with Crippen LogP contribution in [0.15, 0.2) is 5.16 Å². The van der Waals surface area contributed by atoms with Crippen molar-refractivity contribution < 1.29 is 14.7 Å². The number of ether oxygens (including phenoxy) is 1. The van der Waals surface area contributed by atoms with E-state index in [9.17, 15) is 4.79 Å². The summed E-state index contributed by atoms with van der Waals surface area (Å²) in [4.78, 5) is 14.4. The Balaban J connectivity index is 2.49. The van der Waals surface area contributed by atoms with Crippen LogP contribution < -0.4 is 11.1 Å². The predicted octanol–water partition coefficient (Wildman–Crippen LogP) is -0.158. The van der Waals surface area contributed by atoms with E-state index >= 15 is 0 Å². The number of carbonyl (C=O) groups is 1. The van der Waals surface area contributed by atoms with E-state index in [0.717, 1.165) is 19.6 Å². The molecule has 20 heavy (non-hydrogen) atoms. The maximum absolute atomic E-state index is 12.1. The normalized spacial score (nSPS) is 22.8. The van der Waals surface area contributed by atoms with Gasteiger partial charge in [0.25, 0.3) is 0 Å². The summed E-state index contributed by atoms with van der Waals surface area (Å²) in [7, 11) is 0. The van der Waals surface area contributed by atoms with Gasteiger partial charge in [0.1, 0.15) is 5.92 Å². The van der Waals surface area contributed by atoms with Crippen LogP contribution >= 0.6 is 0 Å². The molecule has 0 aromatic carbocycles. The molecule has 1 aliphatic rings. The second kappa shape index (κ2) is 8.06. The molecule has 0 aromatic heterocycles. The number of oxime groups is 1. The van der Waals surface area contributed by atoms with Gasteiger partial charge in [0.2, 0.25) is 5.91 Å².